The molecule has 2 aliphatic rings. The van der Waals surface area contributed by atoms with Gasteiger partial charge in [-0.3, -0.25) is 9.59 Å². The quantitative estimate of drug-likeness (QED) is 0.804. The fraction of sp³-hybridized carbons (Fsp3) is 0.529. The Hall–Kier alpha value is -1.57. The monoisotopic (exact) mass is 418 g/mol. The zero-order valence-corrected chi connectivity index (χ0v) is 15.0. The molecule has 1 saturated heterocycles. The highest BCUT2D eigenvalue weighted by atomic mass is 79.9. The summed E-state index contributed by atoms with van der Waals surface area (Å²) in [5, 5.41) is 2.56. The van der Waals surface area contributed by atoms with E-state index in [0.29, 0.717) is 19.5 Å². The molecule has 0 spiro atoms. The van der Waals surface area contributed by atoms with Gasteiger partial charge in [0.15, 0.2) is 0 Å². The van der Waals surface area contributed by atoms with Crippen LogP contribution in [0.15, 0.2) is 22.7 Å². The third-order valence-electron chi connectivity index (χ3n) is 4.57. The van der Waals surface area contributed by atoms with Crippen molar-refractivity contribution in [2.24, 2.45) is 11.8 Å². The summed E-state index contributed by atoms with van der Waals surface area (Å²) in [4.78, 5) is 26.3. The Morgan fingerprint density at radius 2 is 1.88 bits per heavy atom. The Morgan fingerprint density at radius 1 is 1.16 bits per heavy atom. The predicted octanol–water partition coefficient (Wildman–Crippen LogP) is 4.06. The summed E-state index contributed by atoms with van der Waals surface area (Å²) >= 11 is 2.88. The number of nitrogens with zero attached hydrogens (tertiary/aromatic N) is 1. The summed E-state index contributed by atoms with van der Waals surface area (Å²) in [7, 11) is 0. The third-order valence-corrected chi connectivity index (χ3v) is 5.26. The number of nitrogens with one attached hydrogen (secondary N) is 1. The first-order chi connectivity index (χ1) is 11.8. The van der Waals surface area contributed by atoms with Crippen molar-refractivity contribution in [3.8, 4) is 0 Å². The van der Waals surface area contributed by atoms with Gasteiger partial charge in [-0.05, 0) is 43.9 Å². The fourth-order valence-corrected chi connectivity index (χ4v) is 3.52. The van der Waals surface area contributed by atoms with Gasteiger partial charge in [0.05, 0.1) is 11.5 Å². The van der Waals surface area contributed by atoms with Crippen LogP contribution in [0.3, 0.4) is 0 Å². The second-order valence-electron chi connectivity index (χ2n) is 6.58. The van der Waals surface area contributed by atoms with E-state index in [4.69, 9.17) is 0 Å². The normalized spacial score (nSPS) is 21.1. The number of rotatable bonds is 3. The summed E-state index contributed by atoms with van der Waals surface area (Å²) in [6.45, 7) is 0.986. The molecular weight excluding hydrogens is 401 g/mol. The van der Waals surface area contributed by atoms with Crippen molar-refractivity contribution in [1.82, 2.24) is 4.90 Å². The number of hydrogen-bond acceptors (Lipinski definition) is 2. The van der Waals surface area contributed by atoms with Gasteiger partial charge in [0, 0.05) is 29.2 Å². The number of hydrogen-bond donors (Lipinski definition) is 1. The number of piperidine rings is 1. The average molecular weight is 419 g/mol. The summed E-state index contributed by atoms with van der Waals surface area (Å²) in [5.74, 6) is -0.540. The SMILES string of the molecule is O=C(Nc1ccc(Br)c(C(F)(F)F)c1)C1CCCN(C(=O)C2CC2)C1. The lowest BCUT2D eigenvalue weighted by atomic mass is 9.96. The summed E-state index contributed by atoms with van der Waals surface area (Å²) in [6.07, 6.45) is -1.33. The van der Waals surface area contributed by atoms with Crippen molar-refractivity contribution in [1.29, 1.82) is 0 Å². The standard InChI is InChI=1S/C17H18BrF3N2O2/c18-14-6-5-12(8-13(14)17(19,20)21)22-15(24)11-2-1-7-23(9-11)16(25)10-3-4-10/h5-6,8,10-11H,1-4,7,9H2,(H,22,24). The minimum absolute atomic E-state index is 0.0723. The van der Waals surface area contributed by atoms with Crippen LogP contribution in [-0.4, -0.2) is 29.8 Å². The number of alkyl halides is 3. The van der Waals surface area contributed by atoms with Crippen LogP contribution in [0, 0.1) is 11.8 Å². The highest BCUT2D eigenvalue weighted by Crippen LogP contribution is 2.36. The maximum atomic E-state index is 13.0. The number of benzene rings is 1. The first-order valence-corrected chi connectivity index (χ1v) is 9.01. The molecule has 2 fully saturated rings. The van der Waals surface area contributed by atoms with Crippen LogP contribution in [0.2, 0.25) is 0 Å². The van der Waals surface area contributed by atoms with Gasteiger partial charge in [-0.15, -0.1) is 0 Å². The Labute approximate surface area is 151 Å². The van der Waals surface area contributed by atoms with E-state index in [1.165, 1.54) is 12.1 Å². The van der Waals surface area contributed by atoms with Gasteiger partial charge < -0.3 is 10.2 Å². The Kier molecular flexibility index (Phi) is 5.09. The molecule has 1 N–H and O–H groups in total. The number of carbonyl (C=O) groups excluding carboxylic acids is 2. The lowest BCUT2D eigenvalue weighted by Crippen LogP contribution is -2.44. The smallest absolute Gasteiger partial charge is 0.342 e. The highest BCUT2D eigenvalue weighted by Gasteiger charge is 2.37. The van der Waals surface area contributed by atoms with E-state index in [1.807, 2.05) is 0 Å². The van der Waals surface area contributed by atoms with Gasteiger partial charge in [0.25, 0.3) is 0 Å². The van der Waals surface area contributed by atoms with E-state index in [-0.39, 0.29) is 27.9 Å². The molecule has 0 bridgehead atoms. The molecule has 0 radical (unpaired) electrons. The van der Waals surface area contributed by atoms with Gasteiger partial charge in [-0.25, -0.2) is 0 Å². The van der Waals surface area contributed by atoms with Crippen molar-refractivity contribution in [3.63, 3.8) is 0 Å². The molecule has 1 heterocycles. The Bertz CT molecular complexity index is 689. The van der Waals surface area contributed by atoms with Gasteiger partial charge in [-0.2, -0.15) is 13.2 Å². The van der Waals surface area contributed by atoms with Crippen molar-refractivity contribution < 1.29 is 22.8 Å². The Morgan fingerprint density at radius 3 is 2.52 bits per heavy atom. The van der Waals surface area contributed by atoms with E-state index < -0.39 is 17.7 Å². The number of carbonyl (C=O) groups is 2. The fourth-order valence-electron chi connectivity index (χ4n) is 3.04. The van der Waals surface area contributed by atoms with Crippen LogP contribution in [0.25, 0.3) is 0 Å². The molecular formula is C17H18BrF3N2O2. The topological polar surface area (TPSA) is 49.4 Å². The minimum Gasteiger partial charge on any atom is -0.342 e. The van der Waals surface area contributed by atoms with Crippen LogP contribution in [0.5, 0.6) is 0 Å². The minimum atomic E-state index is -4.50. The number of anilines is 1. The zero-order valence-electron chi connectivity index (χ0n) is 13.4. The van der Waals surface area contributed by atoms with Gasteiger partial charge >= 0.3 is 6.18 Å². The highest BCUT2D eigenvalue weighted by molar-refractivity contribution is 9.10. The van der Waals surface area contributed by atoms with E-state index >= 15 is 0 Å². The summed E-state index contributed by atoms with van der Waals surface area (Å²) in [6, 6.07) is 3.60. The lowest BCUT2D eigenvalue weighted by Gasteiger charge is -2.32. The zero-order chi connectivity index (χ0) is 18.2. The molecule has 0 aromatic heterocycles. The van der Waals surface area contributed by atoms with Crippen molar-refractivity contribution in [2.75, 3.05) is 18.4 Å². The number of amides is 2. The van der Waals surface area contributed by atoms with Crippen molar-refractivity contribution in [3.05, 3.63) is 28.2 Å². The molecule has 1 aromatic rings. The van der Waals surface area contributed by atoms with E-state index in [9.17, 15) is 22.8 Å². The summed E-state index contributed by atoms with van der Waals surface area (Å²) < 4.78 is 38.8. The maximum Gasteiger partial charge on any atom is 0.417 e. The maximum absolute atomic E-state index is 13.0. The van der Waals surface area contributed by atoms with Crippen LogP contribution < -0.4 is 5.32 Å². The average Bonchev–Trinajstić information content (AvgIpc) is 3.40. The number of halogens is 4. The molecule has 4 nitrogen and oxygen atoms in total. The van der Waals surface area contributed by atoms with E-state index in [1.54, 1.807) is 4.90 Å². The lowest BCUT2D eigenvalue weighted by molar-refractivity contribution is -0.138. The third kappa shape index (κ3) is 4.34. The van der Waals surface area contributed by atoms with Gasteiger partial charge in [0.2, 0.25) is 11.8 Å². The number of likely N-dealkylation sites (tertiary alicyclic amines) is 1. The molecule has 1 atom stereocenters. The van der Waals surface area contributed by atoms with Crippen LogP contribution in [0.1, 0.15) is 31.2 Å². The first-order valence-electron chi connectivity index (χ1n) is 8.22. The van der Waals surface area contributed by atoms with E-state index in [2.05, 4.69) is 21.2 Å². The Balaban J connectivity index is 1.66. The molecule has 1 aromatic carbocycles. The van der Waals surface area contributed by atoms with Crippen LogP contribution in [-0.2, 0) is 15.8 Å². The molecule has 1 aliphatic heterocycles. The molecule has 25 heavy (non-hydrogen) atoms. The molecule has 1 unspecified atom stereocenters. The van der Waals surface area contributed by atoms with Crippen molar-refractivity contribution in [2.45, 2.75) is 31.9 Å². The van der Waals surface area contributed by atoms with E-state index in [0.717, 1.165) is 25.3 Å². The van der Waals surface area contributed by atoms with Gasteiger partial charge in [-0.1, -0.05) is 15.9 Å². The molecule has 1 saturated carbocycles. The molecule has 3 rings (SSSR count). The second-order valence-corrected chi connectivity index (χ2v) is 7.43. The van der Waals surface area contributed by atoms with Gasteiger partial charge in [0.1, 0.15) is 0 Å². The summed E-state index contributed by atoms with van der Waals surface area (Å²) in [5.41, 5.74) is -0.731. The molecule has 2 amide bonds. The molecule has 136 valence electrons. The van der Waals surface area contributed by atoms with Crippen LogP contribution in [0.4, 0.5) is 18.9 Å². The largest absolute Gasteiger partial charge is 0.417 e. The molecule has 8 heteroatoms. The second kappa shape index (κ2) is 6.97. The van der Waals surface area contributed by atoms with Crippen LogP contribution >= 0.6 is 15.9 Å². The molecule has 1 aliphatic carbocycles. The van der Waals surface area contributed by atoms with Crippen molar-refractivity contribution >= 4 is 33.4 Å². The first kappa shape index (κ1) is 18.2. The predicted molar refractivity (Wildman–Crippen MR) is 89.8 cm³/mol.